The number of nitrogens with zero attached hydrogens (tertiary/aromatic N) is 1. The normalized spacial score (nSPS) is 10.8. The van der Waals surface area contributed by atoms with Crippen LogP contribution in [-0.2, 0) is 4.74 Å². The molecule has 1 aromatic heterocycles. The molecule has 0 unspecified atom stereocenters. The first-order chi connectivity index (χ1) is 11.2. The third-order valence-corrected chi connectivity index (χ3v) is 2.93. The Labute approximate surface area is 140 Å². The third kappa shape index (κ3) is 7.13. The zero-order valence-corrected chi connectivity index (χ0v) is 14.1. The van der Waals surface area contributed by atoms with E-state index in [1.165, 1.54) is 12.1 Å². The molecule has 0 radical (unpaired) electrons. The molecule has 7 heteroatoms. The lowest BCUT2D eigenvalue weighted by Crippen LogP contribution is -2.33. The molecule has 24 heavy (non-hydrogen) atoms. The van der Waals surface area contributed by atoms with Gasteiger partial charge in [-0.25, -0.2) is 9.78 Å². The fourth-order valence-electron chi connectivity index (χ4n) is 1.92. The number of nitrogens with one attached hydrogen (secondary N) is 1. The second-order valence-corrected chi connectivity index (χ2v) is 6.25. The number of hydrogen-bond acceptors (Lipinski definition) is 6. The zero-order valence-electron chi connectivity index (χ0n) is 14.1. The molecule has 7 nitrogen and oxygen atoms in total. The monoisotopic (exact) mass is 334 g/mol. The van der Waals surface area contributed by atoms with Crippen molar-refractivity contribution in [3.05, 3.63) is 29.1 Å². The topological polar surface area (TPSA) is 102 Å². The molecule has 1 aromatic rings. The lowest BCUT2D eigenvalue weighted by atomic mass is 10.0. The number of carbonyl (C=O) groups excluding carboxylic acids is 4. The summed E-state index contributed by atoms with van der Waals surface area (Å²) in [6.07, 6.45) is 1.91. The van der Waals surface area contributed by atoms with E-state index >= 15 is 0 Å². The van der Waals surface area contributed by atoms with E-state index in [2.05, 4.69) is 10.3 Å². The number of pyridine rings is 1. The molecule has 1 amide bonds. The molecule has 1 N–H and O–H groups in total. The Morgan fingerprint density at radius 2 is 1.71 bits per heavy atom. The van der Waals surface area contributed by atoms with Crippen LogP contribution in [0.2, 0.25) is 0 Å². The number of carbonyl (C=O) groups is 4. The molecule has 0 spiro atoms. The van der Waals surface area contributed by atoms with E-state index in [0.29, 0.717) is 32.0 Å². The van der Waals surface area contributed by atoms with E-state index in [1.807, 2.05) is 0 Å². The van der Waals surface area contributed by atoms with Gasteiger partial charge in [-0.3, -0.25) is 14.4 Å². The Bertz CT molecular complexity index is 594. The first kappa shape index (κ1) is 19.5. The van der Waals surface area contributed by atoms with Gasteiger partial charge in [0.15, 0.2) is 18.4 Å². The molecule has 0 bridgehead atoms. The first-order valence-corrected chi connectivity index (χ1v) is 7.67. The van der Waals surface area contributed by atoms with Gasteiger partial charge in [0.2, 0.25) is 0 Å². The predicted octanol–water partition coefficient (Wildman–Crippen LogP) is 2.58. The minimum absolute atomic E-state index is 0.0505. The lowest BCUT2D eigenvalue weighted by molar-refractivity contribution is 0.0527. The molecule has 1 heterocycles. The van der Waals surface area contributed by atoms with Gasteiger partial charge < -0.3 is 10.1 Å². The van der Waals surface area contributed by atoms with Crippen molar-refractivity contribution in [3.8, 4) is 0 Å². The van der Waals surface area contributed by atoms with E-state index in [0.717, 1.165) is 0 Å². The summed E-state index contributed by atoms with van der Waals surface area (Å²) in [6.45, 7) is 5.74. The summed E-state index contributed by atoms with van der Waals surface area (Å²) in [5.74, 6) is -0.180. The van der Waals surface area contributed by atoms with Gasteiger partial charge in [0.25, 0.3) is 0 Å². The molecule has 130 valence electrons. The standard InChI is InChI=1S/C17H22N2O5/c1-17(2,3)24-16(23)18-7-5-4-6-15(22)12-8-13(10-20)19-14(9-12)11-21/h8-11H,4-7H2,1-3H3,(H,18,23). The van der Waals surface area contributed by atoms with Crippen LogP contribution in [0.1, 0.15) is 71.4 Å². The zero-order chi connectivity index (χ0) is 18.2. The number of aldehydes is 2. The van der Waals surface area contributed by atoms with Gasteiger partial charge >= 0.3 is 6.09 Å². The maximum absolute atomic E-state index is 12.1. The summed E-state index contributed by atoms with van der Waals surface area (Å²) < 4.78 is 5.10. The number of aromatic nitrogens is 1. The Morgan fingerprint density at radius 1 is 1.12 bits per heavy atom. The molecule has 0 aliphatic carbocycles. The predicted molar refractivity (Wildman–Crippen MR) is 87.4 cm³/mol. The van der Waals surface area contributed by atoms with Crippen LogP contribution in [0.4, 0.5) is 4.79 Å². The number of ketones is 1. The van der Waals surface area contributed by atoms with Crippen LogP contribution >= 0.6 is 0 Å². The molecular formula is C17H22N2O5. The quantitative estimate of drug-likeness (QED) is 0.445. The fraction of sp³-hybridized carbons (Fsp3) is 0.471. The van der Waals surface area contributed by atoms with Crippen LogP contribution in [0.25, 0.3) is 0 Å². The van der Waals surface area contributed by atoms with Crippen LogP contribution in [0, 0.1) is 0 Å². The summed E-state index contributed by atoms with van der Waals surface area (Å²) in [4.78, 5) is 48.8. The summed E-state index contributed by atoms with van der Waals surface area (Å²) in [7, 11) is 0. The lowest BCUT2D eigenvalue weighted by Gasteiger charge is -2.19. The number of ether oxygens (including phenoxy) is 1. The maximum atomic E-state index is 12.1. The molecule has 0 aromatic carbocycles. The van der Waals surface area contributed by atoms with Gasteiger partial charge in [-0.2, -0.15) is 0 Å². The number of hydrogen-bond donors (Lipinski definition) is 1. The van der Waals surface area contributed by atoms with Gasteiger partial charge in [0.05, 0.1) is 0 Å². The number of amides is 1. The van der Waals surface area contributed by atoms with E-state index in [-0.39, 0.29) is 29.2 Å². The van der Waals surface area contributed by atoms with Crippen LogP contribution in [-0.4, -0.2) is 41.6 Å². The van der Waals surface area contributed by atoms with E-state index in [9.17, 15) is 19.2 Å². The van der Waals surface area contributed by atoms with Crippen molar-refractivity contribution in [1.29, 1.82) is 0 Å². The number of alkyl carbamates (subject to hydrolysis) is 1. The highest BCUT2D eigenvalue weighted by Crippen LogP contribution is 2.10. The Hall–Kier alpha value is -2.57. The van der Waals surface area contributed by atoms with Gasteiger partial charge in [-0.1, -0.05) is 0 Å². The minimum atomic E-state index is -0.548. The highest BCUT2D eigenvalue weighted by atomic mass is 16.6. The Morgan fingerprint density at radius 3 is 2.21 bits per heavy atom. The number of rotatable bonds is 8. The summed E-state index contributed by atoms with van der Waals surface area (Å²) >= 11 is 0. The molecule has 1 rings (SSSR count). The Kier molecular flexibility index (Phi) is 7.23. The van der Waals surface area contributed by atoms with Gasteiger partial charge in [0.1, 0.15) is 17.0 Å². The molecule has 0 aliphatic heterocycles. The molecule has 0 saturated carbocycles. The van der Waals surface area contributed by atoms with Crippen molar-refractivity contribution < 1.29 is 23.9 Å². The average Bonchev–Trinajstić information content (AvgIpc) is 2.52. The van der Waals surface area contributed by atoms with Crippen molar-refractivity contribution in [3.63, 3.8) is 0 Å². The van der Waals surface area contributed by atoms with Crippen molar-refractivity contribution in [2.45, 2.75) is 45.6 Å². The summed E-state index contributed by atoms with van der Waals surface area (Å²) in [5.41, 5.74) is -0.160. The van der Waals surface area contributed by atoms with Crippen molar-refractivity contribution >= 4 is 24.4 Å². The van der Waals surface area contributed by atoms with Gasteiger partial charge in [-0.05, 0) is 45.7 Å². The van der Waals surface area contributed by atoms with E-state index < -0.39 is 11.7 Å². The second kappa shape index (κ2) is 8.90. The molecule has 0 aliphatic rings. The maximum Gasteiger partial charge on any atom is 0.407 e. The van der Waals surface area contributed by atoms with Crippen LogP contribution in [0.5, 0.6) is 0 Å². The smallest absolute Gasteiger partial charge is 0.407 e. The van der Waals surface area contributed by atoms with Crippen LogP contribution in [0.3, 0.4) is 0 Å². The van der Waals surface area contributed by atoms with Crippen LogP contribution < -0.4 is 5.32 Å². The largest absolute Gasteiger partial charge is 0.444 e. The highest BCUT2D eigenvalue weighted by Gasteiger charge is 2.15. The molecule has 0 saturated heterocycles. The molecular weight excluding hydrogens is 312 g/mol. The second-order valence-electron chi connectivity index (χ2n) is 6.25. The fourth-order valence-corrected chi connectivity index (χ4v) is 1.92. The van der Waals surface area contributed by atoms with Crippen LogP contribution in [0.15, 0.2) is 12.1 Å². The van der Waals surface area contributed by atoms with Crippen molar-refractivity contribution in [2.24, 2.45) is 0 Å². The average molecular weight is 334 g/mol. The van der Waals surface area contributed by atoms with Crippen molar-refractivity contribution in [2.75, 3.05) is 6.54 Å². The number of unbranched alkanes of at least 4 members (excludes halogenated alkanes) is 1. The first-order valence-electron chi connectivity index (χ1n) is 7.67. The summed E-state index contributed by atoms with van der Waals surface area (Å²) in [5, 5.41) is 2.61. The van der Waals surface area contributed by atoms with E-state index in [1.54, 1.807) is 20.8 Å². The summed E-state index contributed by atoms with van der Waals surface area (Å²) in [6, 6.07) is 2.72. The highest BCUT2D eigenvalue weighted by molar-refractivity contribution is 5.98. The Balaban J connectivity index is 2.40. The minimum Gasteiger partial charge on any atom is -0.444 e. The van der Waals surface area contributed by atoms with Gasteiger partial charge in [-0.15, -0.1) is 0 Å². The van der Waals surface area contributed by atoms with Crippen molar-refractivity contribution in [1.82, 2.24) is 10.3 Å². The third-order valence-electron chi connectivity index (χ3n) is 2.93. The number of Topliss-reactive ketones (excluding diaryl/α,β-unsaturated/α-hetero) is 1. The molecule has 0 atom stereocenters. The molecule has 0 fully saturated rings. The van der Waals surface area contributed by atoms with E-state index in [4.69, 9.17) is 4.74 Å². The SMILES string of the molecule is CC(C)(C)OC(=O)NCCCCC(=O)c1cc(C=O)nc(C=O)c1. The van der Waals surface area contributed by atoms with Gasteiger partial charge in [0, 0.05) is 18.5 Å².